The maximum Gasteiger partial charge on any atom is 0.404 e. The van der Waals surface area contributed by atoms with E-state index in [0.29, 0.717) is 23.0 Å². The zero-order chi connectivity index (χ0) is 25.0. The molecule has 1 aliphatic rings. The Kier molecular flexibility index (Phi) is 10.8. The summed E-state index contributed by atoms with van der Waals surface area (Å²) in [5.41, 5.74) is 2.13. The molecule has 2 amide bonds. The third kappa shape index (κ3) is 8.81. The van der Waals surface area contributed by atoms with E-state index in [0.717, 1.165) is 43.6 Å². The van der Waals surface area contributed by atoms with Crippen LogP contribution in [-0.2, 0) is 9.47 Å². The topological polar surface area (TPSA) is 109 Å². The highest BCUT2D eigenvalue weighted by Gasteiger charge is 2.20. The molecule has 1 saturated heterocycles. The van der Waals surface area contributed by atoms with Gasteiger partial charge in [-0.25, -0.2) is 4.79 Å². The Balaban J connectivity index is 1.67. The molecule has 8 nitrogen and oxygen atoms in total. The normalized spacial score (nSPS) is 15.8. The first-order valence-electron chi connectivity index (χ1n) is 11.9. The van der Waals surface area contributed by atoms with Crippen molar-refractivity contribution in [2.45, 2.75) is 31.4 Å². The molecule has 1 unspecified atom stereocenters. The highest BCUT2D eigenvalue weighted by molar-refractivity contribution is 6.30. The Labute approximate surface area is 211 Å². The van der Waals surface area contributed by atoms with Gasteiger partial charge in [0.05, 0.1) is 6.61 Å². The SMILES string of the molecule is CN[C@@H](CNC(=O)c1cccc(C(OCCNC(=O)O)c2cccc(Cl)c2)c1)CC1CCOCC1. The second kappa shape index (κ2) is 14.0. The van der Waals surface area contributed by atoms with Gasteiger partial charge in [0.1, 0.15) is 6.10 Å². The lowest BCUT2D eigenvalue weighted by Crippen LogP contribution is -2.41. The monoisotopic (exact) mass is 503 g/mol. The van der Waals surface area contributed by atoms with E-state index < -0.39 is 12.2 Å². The molecule has 0 aromatic heterocycles. The molecule has 0 saturated carbocycles. The van der Waals surface area contributed by atoms with Gasteiger partial charge in [-0.2, -0.15) is 0 Å². The summed E-state index contributed by atoms with van der Waals surface area (Å²) in [6.45, 7) is 2.46. The molecule has 9 heteroatoms. The van der Waals surface area contributed by atoms with Gasteiger partial charge in [0.2, 0.25) is 0 Å². The minimum Gasteiger partial charge on any atom is -0.465 e. The van der Waals surface area contributed by atoms with Crippen LogP contribution in [0.3, 0.4) is 0 Å². The predicted octanol–water partition coefficient (Wildman–Crippen LogP) is 3.85. The van der Waals surface area contributed by atoms with Crippen molar-refractivity contribution in [2.75, 3.05) is 40.0 Å². The molecule has 2 aromatic carbocycles. The molecular formula is C26H34ClN3O5. The smallest absolute Gasteiger partial charge is 0.404 e. The summed E-state index contributed by atoms with van der Waals surface area (Å²) in [5.74, 6) is 0.448. The number of rotatable bonds is 12. The molecule has 0 spiro atoms. The van der Waals surface area contributed by atoms with Crippen molar-refractivity contribution in [3.8, 4) is 0 Å². The third-order valence-corrected chi connectivity index (χ3v) is 6.38. The molecule has 0 bridgehead atoms. The second-order valence-electron chi connectivity index (χ2n) is 8.65. The Morgan fingerprint density at radius 2 is 1.83 bits per heavy atom. The standard InChI is InChI=1S/C26H34ClN3O5/c1-28-23(14-18-8-11-34-12-9-18)17-30-25(31)21-6-2-4-19(15-21)24(35-13-10-29-26(32)33)20-5-3-7-22(27)16-20/h2-7,15-16,18,23-24,28-29H,8-14,17H2,1H3,(H,30,31)(H,32,33)/t23-,24?/m1/s1. The Bertz CT molecular complexity index is 968. The van der Waals surface area contributed by atoms with Gasteiger partial charge in [-0.3, -0.25) is 4.79 Å². The number of hydrogen-bond donors (Lipinski definition) is 4. The average molecular weight is 504 g/mol. The highest BCUT2D eigenvalue weighted by Crippen LogP contribution is 2.28. The Morgan fingerprint density at radius 3 is 2.51 bits per heavy atom. The quantitative estimate of drug-likeness (QED) is 0.328. The average Bonchev–Trinajstić information content (AvgIpc) is 2.87. The molecule has 3 rings (SSSR count). The fourth-order valence-corrected chi connectivity index (χ4v) is 4.44. The number of nitrogens with one attached hydrogen (secondary N) is 3. The van der Waals surface area contributed by atoms with E-state index in [1.807, 2.05) is 31.3 Å². The molecule has 0 aliphatic carbocycles. The van der Waals surface area contributed by atoms with E-state index in [2.05, 4.69) is 16.0 Å². The zero-order valence-electron chi connectivity index (χ0n) is 20.0. The number of hydrogen-bond acceptors (Lipinski definition) is 5. The summed E-state index contributed by atoms with van der Waals surface area (Å²) in [5, 5.41) is 18.0. The van der Waals surface area contributed by atoms with Crippen LogP contribution in [0.2, 0.25) is 5.02 Å². The molecule has 1 heterocycles. The molecular weight excluding hydrogens is 470 g/mol. The summed E-state index contributed by atoms with van der Waals surface area (Å²) in [6, 6.07) is 14.8. The fraction of sp³-hybridized carbons (Fsp3) is 0.462. The highest BCUT2D eigenvalue weighted by atomic mass is 35.5. The van der Waals surface area contributed by atoms with E-state index >= 15 is 0 Å². The van der Waals surface area contributed by atoms with Crippen LogP contribution in [0.4, 0.5) is 4.79 Å². The van der Waals surface area contributed by atoms with E-state index in [-0.39, 0.29) is 25.1 Å². The molecule has 1 fully saturated rings. The number of ether oxygens (including phenoxy) is 2. The van der Waals surface area contributed by atoms with Gasteiger partial charge in [-0.05, 0) is 67.6 Å². The van der Waals surface area contributed by atoms with Gasteiger partial charge >= 0.3 is 6.09 Å². The lowest BCUT2D eigenvalue weighted by Gasteiger charge is -2.26. The van der Waals surface area contributed by atoms with Gasteiger partial charge in [-0.15, -0.1) is 0 Å². The maximum absolute atomic E-state index is 13.0. The number of carbonyl (C=O) groups is 2. The zero-order valence-corrected chi connectivity index (χ0v) is 20.7. The van der Waals surface area contributed by atoms with E-state index in [1.54, 1.807) is 24.3 Å². The van der Waals surface area contributed by atoms with Crippen LogP contribution < -0.4 is 16.0 Å². The van der Waals surface area contributed by atoms with E-state index in [4.69, 9.17) is 26.2 Å². The number of benzene rings is 2. The second-order valence-corrected chi connectivity index (χ2v) is 9.09. The predicted molar refractivity (Wildman–Crippen MR) is 135 cm³/mol. The first-order valence-corrected chi connectivity index (χ1v) is 12.3. The van der Waals surface area contributed by atoms with Crippen molar-refractivity contribution >= 4 is 23.6 Å². The minimum atomic E-state index is -1.11. The summed E-state index contributed by atoms with van der Waals surface area (Å²) in [6.07, 6.45) is 1.50. The fourth-order valence-electron chi connectivity index (χ4n) is 4.24. The first-order chi connectivity index (χ1) is 17.0. The van der Waals surface area contributed by atoms with Crippen molar-refractivity contribution in [3.63, 3.8) is 0 Å². The number of amides is 2. The van der Waals surface area contributed by atoms with Crippen LogP contribution in [0.5, 0.6) is 0 Å². The van der Waals surface area contributed by atoms with Crippen LogP contribution in [0.15, 0.2) is 48.5 Å². The molecule has 2 aromatic rings. The summed E-state index contributed by atoms with van der Waals surface area (Å²) >= 11 is 6.19. The molecule has 2 atom stereocenters. The van der Waals surface area contributed by atoms with Crippen molar-refractivity contribution in [3.05, 3.63) is 70.2 Å². The summed E-state index contributed by atoms with van der Waals surface area (Å²) in [4.78, 5) is 23.7. The number of carbonyl (C=O) groups excluding carboxylic acids is 1. The first kappa shape index (κ1) is 26.9. The molecule has 190 valence electrons. The molecule has 0 radical (unpaired) electrons. The molecule has 35 heavy (non-hydrogen) atoms. The lowest BCUT2D eigenvalue weighted by atomic mass is 9.92. The summed E-state index contributed by atoms with van der Waals surface area (Å²) < 4.78 is 11.5. The van der Waals surface area contributed by atoms with Crippen molar-refractivity contribution in [2.24, 2.45) is 5.92 Å². The largest absolute Gasteiger partial charge is 0.465 e. The third-order valence-electron chi connectivity index (χ3n) is 6.14. The summed E-state index contributed by atoms with van der Waals surface area (Å²) in [7, 11) is 1.92. The van der Waals surface area contributed by atoms with Crippen molar-refractivity contribution in [1.82, 2.24) is 16.0 Å². The number of halogens is 1. The van der Waals surface area contributed by atoms with Gasteiger partial charge in [0.15, 0.2) is 0 Å². The Hall–Kier alpha value is -2.65. The van der Waals surface area contributed by atoms with Gasteiger partial charge in [-0.1, -0.05) is 35.9 Å². The minimum absolute atomic E-state index is 0.144. The number of carboxylic acid groups (broad SMARTS) is 1. The van der Waals surface area contributed by atoms with Gasteiger partial charge in [0.25, 0.3) is 5.91 Å². The number of likely N-dealkylation sites (N-methyl/N-ethyl adjacent to an activating group) is 1. The van der Waals surface area contributed by atoms with E-state index in [9.17, 15) is 9.59 Å². The van der Waals surface area contributed by atoms with Crippen LogP contribution in [0, 0.1) is 5.92 Å². The molecule has 4 N–H and O–H groups in total. The van der Waals surface area contributed by atoms with Crippen molar-refractivity contribution < 1.29 is 24.2 Å². The Morgan fingerprint density at radius 1 is 1.11 bits per heavy atom. The van der Waals surface area contributed by atoms with E-state index in [1.165, 1.54) is 0 Å². The maximum atomic E-state index is 13.0. The van der Waals surface area contributed by atoms with Crippen LogP contribution >= 0.6 is 11.6 Å². The van der Waals surface area contributed by atoms with Crippen molar-refractivity contribution in [1.29, 1.82) is 0 Å². The van der Waals surface area contributed by atoms with Gasteiger partial charge in [0, 0.05) is 42.9 Å². The van der Waals surface area contributed by atoms with Crippen LogP contribution in [-0.4, -0.2) is 63.1 Å². The molecule has 1 aliphatic heterocycles. The van der Waals surface area contributed by atoms with Crippen LogP contribution in [0.1, 0.15) is 46.9 Å². The van der Waals surface area contributed by atoms with Crippen LogP contribution in [0.25, 0.3) is 0 Å². The van der Waals surface area contributed by atoms with Gasteiger partial charge < -0.3 is 30.5 Å². The lowest BCUT2D eigenvalue weighted by molar-refractivity contribution is 0.0605.